The first-order valence-corrected chi connectivity index (χ1v) is 6.01. The number of rotatable bonds is 2. The molecule has 92 valence electrons. The molecule has 17 heavy (non-hydrogen) atoms. The van der Waals surface area contributed by atoms with Gasteiger partial charge in [0, 0.05) is 12.0 Å². The summed E-state index contributed by atoms with van der Waals surface area (Å²) in [7, 11) is 0. The molecule has 1 aliphatic rings. The molecule has 0 spiro atoms. The topological polar surface area (TPSA) is 41.8 Å². The number of benzene rings is 1. The summed E-state index contributed by atoms with van der Waals surface area (Å²) in [6.45, 7) is 8.12. The van der Waals surface area contributed by atoms with Crippen LogP contribution in [0.3, 0.4) is 0 Å². The smallest absolute Gasteiger partial charge is 0.239 e. The average molecular weight is 233 g/mol. The van der Waals surface area contributed by atoms with Gasteiger partial charge >= 0.3 is 0 Å². The summed E-state index contributed by atoms with van der Waals surface area (Å²) in [4.78, 5) is 5.14. The Labute approximate surface area is 102 Å². The lowest BCUT2D eigenvalue weighted by Crippen LogP contribution is -2.27. The first-order chi connectivity index (χ1) is 7.95. The molecule has 3 heteroatoms. The van der Waals surface area contributed by atoms with Crippen LogP contribution in [0.15, 0.2) is 17.3 Å². The summed E-state index contributed by atoms with van der Waals surface area (Å²) < 4.78 is 0. The Hall–Kier alpha value is -1.35. The largest absolute Gasteiger partial charge is 0.360 e. The quantitative estimate of drug-likeness (QED) is 0.853. The molecule has 0 aromatic heterocycles. The third-order valence-corrected chi connectivity index (χ3v) is 3.29. The van der Waals surface area contributed by atoms with E-state index in [1.165, 1.54) is 16.7 Å². The zero-order valence-corrected chi connectivity index (χ0v) is 10.9. The van der Waals surface area contributed by atoms with E-state index in [9.17, 15) is 5.11 Å². The fourth-order valence-electron chi connectivity index (χ4n) is 2.43. The highest BCUT2D eigenvalue weighted by Gasteiger charge is 2.36. The fraction of sp³-hybridized carbons (Fsp3) is 0.500. The minimum absolute atomic E-state index is 0.467. The number of nitrogens with zero attached hydrogens (tertiary/aromatic N) is 1. The van der Waals surface area contributed by atoms with Crippen molar-refractivity contribution in [2.75, 3.05) is 0 Å². The molecule has 0 fully saturated rings. The first-order valence-electron chi connectivity index (χ1n) is 6.01. The van der Waals surface area contributed by atoms with E-state index in [-0.39, 0.29) is 0 Å². The van der Waals surface area contributed by atoms with Crippen molar-refractivity contribution < 1.29 is 9.94 Å². The van der Waals surface area contributed by atoms with Crippen LogP contribution in [0.5, 0.6) is 0 Å². The zero-order chi connectivity index (χ0) is 12.6. The minimum Gasteiger partial charge on any atom is -0.360 e. The number of hydrogen-bond acceptors (Lipinski definition) is 3. The summed E-state index contributed by atoms with van der Waals surface area (Å²) >= 11 is 0. The zero-order valence-electron chi connectivity index (χ0n) is 10.9. The van der Waals surface area contributed by atoms with Gasteiger partial charge in [0.05, 0.1) is 12.1 Å². The number of oxime groups is 1. The maximum atomic E-state index is 10.0. The van der Waals surface area contributed by atoms with Crippen molar-refractivity contribution in [3.05, 3.63) is 34.4 Å². The Morgan fingerprint density at radius 2 is 1.88 bits per heavy atom. The normalized spacial score (nSPS) is 23.5. The van der Waals surface area contributed by atoms with E-state index < -0.39 is 5.79 Å². The summed E-state index contributed by atoms with van der Waals surface area (Å²) in [6, 6.07) is 4.27. The molecule has 1 aliphatic heterocycles. The summed E-state index contributed by atoms with van der Waals surface area (Å²) in [6.07, 6.45) is 1.01. The molecule has 1 aromatic carbocycles. The van der Waals surface area contributed by atoms with E-state index >= 15 is 0 Å². The van der Waals surface area contributed by atoms with Crippen LogP contribution >= 0.6 is 0 Å². The van der Waals surface area contributed by atoms with Crippen molar-refractivity contribution in [1.29, 1.82) is 0 Å². The Morgan fingerprint density at radius 1 is 1.29 bits per heavy atom. The molecule has 0 saturated heterocycles. The van der Waals surface area contributed by atoms with Gasteiger partial charge in [0.15, 0.2) is 0 Å². The van der Waals surface area contributed by atoms with Crippen molar-refractivity contribution in [1.82, 2.24) is 0 Å². The lowest BCUT2D eigenvalue weighted by atomic mass is 9.92. The second-order valence-electron chi connectivity index (χ2n) is 4.88. The second-order valence-corrected chi connectivity index (χ2v) is 4.88. The predicted octanol–water partition coefficient (Wildman–Crippen LogP) is 2.83. The summed E-state index contributed by atoms with van der Waals surface area (Å²) in [5.74, 6) is -1.11. The van der Waals surface area contributed by atoms with Gasteiger partial charge < -0.3 is 9.94 Å². The molecule has 1 aromatic rings. The van der Waals surface area contributed by atoms with Gasteiger partial charge in [-0.15, -0.1) is 0 Å². The van der Waals surface area contributed by atoms with E-state index in [0.29, 0.717) is 12.8 Å². The van der Waals surface area contributed by atoms with Gasteiger partial charge in [-0.1, -0.05) is 29.8 Å². The van der Waals surface area contributed by atoms with Crippen LogP contribution < -0.4 is 0 Å². The lowest BCUT2D eigenvalue weighted by Gasteiger charge is -2.17. The third-order valence-electron chi connectivity index (χ3n) is 3.29. The molecule has 1 unspecified atom stereocenters. The van der Waals surface area contributed by atoms with Gasteiger partial charge in [0.25, 0.3) is 0 Å². The van der Waals surface area contributed by atoms with Crippen LogP contribution in [0.2, 0.25) is 0 Å². The van der Waals surface area contributed by atoms with Crippen LogP contribution in [-0.2, 0) is 4.84 Å². The van der Waals surface area contributed by atoms with Gasteiger partial charge in [-0.2, -0.15) is 0 Å². The van der Waals surface area contributed by atoms with Gasteiger partial charge in [0.2, 0.25) is 5.79 Å². The van der Waals surface area contributed by atoms with Crippen LogP contribution in [0.25, 0.3) is 0 Å². The minimum atomic E-state index is -1.11. The van der Waals surface area contributed by atoms with E-state index in [0.717, 1.165) is 11.3 Å². The van der Waals surface area contributed by atoms with Gasteiger partial charge in [-0.3, -0.25) is 0 Å². The highest BCUT2D eigenvalue weighted by molar-refractivity contribution is 6.03. The van der Waals surface area contributed by atoms with Crippen LogP contribution in [0.4, 0.5) is 0 Å². The van der Waals surface area contributed by atoms with Crippen LogP contribution in [0.1, 0.15) is 42.0 Å². The highest BCUT2D eigenvalue weighted by Crippen LogP contribution is 2.29. The molecule has 1 heterocycles. The van der Waals surface area contributed by atoms with Crippen molar-refractivity contribution in [2.24, 2.45) is 5.16 Å². The maximum absolute atomic E-state index is 10.0. The van der Waals surface area contributed by atoms with Crippen molar-refractivity contribution in [3.8, 4) is 0 Å². The molecule has 2 rings (SSSR count). The molecule has 1 N–H and O–H groups in total. The lowest BCUT2D eigenvalue weighted by molar-refractivity contribution is -0.186. The van der Waals surface area contributed by atoms with Crippen LogP contribution in [-0.4, -0.2) is 16.6 Å². The number of hydrogen-bond donors (Lipinski definition) is 1. The third kappa shape index (κ3) is 2.20. The number of aryl methyl sites for hydroxylation is 3. The second kappa shape index (κ2) is 4.15. The van der Waals surface area contributed by atoms with Gasteiger partial charge in [-0.25, -0.2) is 0 Å². The Kier molecular flexibility index (Phi) is 2.96. The highest BCUT2D eigenvalue weighted by atomic mass is 16.7. The van der Waals surface area contributed by atoms with Crippen LogP contribution in [0, 0.1) is 20.8 Å². The Balaban J connectivity index is 2.37. The van der Waals surface area contributed by atoms with Crippen molar-refractivity contribution in [3.63, 3.8) is 0 Å². The maximum Gasteiger partial charge on any atom is 0.239 e. The monoisotopic (exact) mass is 233 g/mol. The van der Waals surface area contributed by atoms with Crippen molar-refractivity contribution in [2.45, 2.75) is 46.3 Å². The molecule has 0 radical (unpaired) electrons. The van der Waals surface area contributed by atoms with E-state index in [2.05, 4.69) is 38.1 Å². The Bertz CT molecular complexity index is 456. The SMILES string of the molecule is CCC1(O)CC(c2c(C)cc(C)cc2C)=NO1. The molecule has 0 amide bonds. The standard InChI is InChI=1S/C14H19NO2/c1-5-14(16)8-12(15-17-14)13-10(3)6-9(2)7-11(13)4/h6-7,16H,5,8H2,1-4H3. The molecule has 3 nitrogen and oxygen atoms in total. The van der Waals surface area contributed by atoms with Crippen molar-refractivity contribution >= 4 is 5.71 Å². The first kappa shape index (κ1) is 12.1. The number of aliphatic hydroxyl groups is 1. The molecule has 1 atom stereocenters. The average Bonchev–Trinajstić information content (AvgIpc) is 2.60. The van der Waals surface area contributed by atoms with E-state index in [1.807, 2.05) is 6.92 Å². The molecule has 0 saturated carbocycles. The Morgan fingerprint density at radius 3 is 2.35 bits per heavy atom. The molecule has 0 bridgehead atoms. The predicted molar refractivity (Wildman–Crippen MR) is 68.1 cm³/mol. The van der Waals surface area contributed by atoms with E-state index in [1.54, 1.807) is 0 Å². The van der Waals surface area contributed by atoms with Gasteiger partial charge in [-0.05, 0) is 31.9 Å². The summed E-state index contributed by atoms with van der Waals surface area (Å²) in [5.41, 5.74) is 5.58. The molecular formula is C14H19NO2. The molecule has 0 aliphatic carbocycles. The summed E-state index contributed by atoms with van der Waals surface area (Å²) in [5, 5.41) is 14.1. The van der Waals surface area contributed by atoms with Gasteiger partial charge in [0.1, 0.15) is 0 Å². The fourth-order valence-corrected chi connectivity index (χ4v) is 2.43. The van der Waals surface area contributed by atoms with E-state index in [4.69, 9.17) is 4.84 Å². The molecular weight excluding hydrogens is 214 g/mol.